The summed E-state index contributed by atoms with van der Waals surface area (Å²) < 4.78 is 5.77. The van der Waals surface area contributed by atoms with E-state index < -0.39 is 5.54 Å². The lowest BCUT2D eigenvalue weighted by molar-refractivity contribution is 0.110. The number of ether oxygens (including phenoxy) is 1. The summed E-state index contributed by atoms with van der Waals surface area (Å²) in [6.45, 7) is 1.49. The van der Waals surface area contributed by atoms with Gasteiger partial charge in [0, 0.05) is 25.7 Å². The van der Waals surface area contributed by atoms with E-state index in [0.29, 0.717) is 19.1 Å². The Morgan fingerprint density at radius 3 is 2.52 bits per heavy atom. The van der Waals surface area contributed by atoms with Gasteiger partial charge in [-0.2, -0.15) is 5.26 Å². The lowest BCUT2D eigenvalue weighted by Crippen LogP contribution is -2.43. The van der Waals surface area contributed by atoms with Gasteiger partial charge in [-0.15, -0.1) is 0 Å². The fourth-order valence-electron chi connectivity index (χ4n) is 2.74. The van der Waals surface area contributed by atoms with Crippen LogP contribution >= 0.6 is 0 Å². The predicted molar refractivity (Wildman–Crippen MR) is 82.7 cm³/mol. The molecule has 0 bridgehead atoms. The van der Waals surface area contributed by atoms with Crippen molar-refractivity contribution in [1.82, 2.24) is 5.32 Å². The summed E-state index contributed by atoms with van der Waals surface area (Å²) in [4.78, 5) is 0. The van der Waals surface area contributed by atoms with Crippen LogP contribution in [0.3, 0.4) is 0 Å². The quantitative estimate of drug-likeness (QED) is 0.707. The van der Waals surface area contributed by atoms with Crippen LogP contribution in [0.1, 0.15) is 44.1 Å². The molecule has 0 heterocycles. The number of hydrogen-bond donors (Lipinski definition) is 1. The summed E-state index contributed by atoms with van der Waals surface area (Å²) in [7, 11) is 0. The van der Waals surface area contributed by atoms with Gasteiger partial charge in [0.05, 0.1) is 6.07 Å². The molecule has 2 aliphatic carbocycles. The average Bonchev–Trinajstić information content (AvgIpc) is 3.42. The Morgan fingerprint density at radius 2 is 1.90 bits per heavy atom. The summed E-state index contributed by atoms with van der Waals surface area (Å²) in [5, 5.41) is 13.3. The molecule has 1 atom stereocenters. The van der Waals surface area contributed by atoms with Crippen molar-refractivity contribution < 1.29 is 4.74 Å². The first kappa shape index (κ1) is 14.6. The molecule has 0 radical (unpaired) electrons. The van der Waals surface area contributed by atoms with E-state index in [-0.39, 0.29) is 0 Å². The van der Waals surface area contributed by atoms with Crippen molar-refractivity contribution >= 4 is 0 Å². The Bertz CT molecular complexity index is 488. The van der Waals surface area contributed by atoms with Gasteiger partial charge in [0.2, 0.25) is 0 Å². The maximum absolute atomic E-state index is 9.79. The average molecular weight is 284 g/mol. The Balaban J connectivity index is 1.58. The molecule has 0 saturated heterocycles. The lowest BCUT2D eigenvalue weighted by atomic mass is 9.88. The molecule has 2 fully saturated rings. The van der Waals surface area contributed by atoms with E-state index in [2.05, 4.69) is 11.4 Å². The largest absolute Gasteiger partial charge is 0.381 e. The summed E-state index contributed by atoms with van der Waals surface area (Å²) in [6.07, 6.45) is 7.00. The highest BCUT2D eigenvalue weighted by atomic mass is 16.5. The number of nitrogens with zero attached hydrogens (tertiary/aromatic N) is 1. The van der Waals surface area contributed by atoms with Crippen molar-refractivity contribution in [3.63, 3.8) is 0 Å². The van der Waals surface area contributed by atoms with Crippen LogP contribution in [0.4, 0.5) is 0 Å². The molecular weight excluding hydrogens is 260 g/mol. The third-order valence-electron chi connectivity index (χ3n) is 4.47. The molecule has 0 aromatic heterocycles. The molecule has 2 saturated carbocycles. The number of nitriles is 1. The van der Waals surface area contributed by atoms with Gasteiger partial charge in [-0.25, -0.2) is 0 Å². The fourth-order valence-corrected chi connectivity index (χ4v) is 2.74. The second kappa shape index (κ2) is 6.60. The van der Waals surface area contributed by atoms with Crippen LogP contribution in [0.25, 0.3) is 0 Å². The molecule has 21 heavy (non-hydrogen) atoms. The Hall–Kier alpha value is -1.37. The maximum Gasteiger partial charge on any atom is 0.134 e. The highest BCUT2D eigenvalue weighted by Crippen LogP contribution is 2.33. The van der Waals surface area contributed by atoms with E-state index in [1.54, 1.807) is 0 Å². The van der Waals surface area contributed by atoms with Crippen molar-refractivity contribution in [2.75, 3.05) is 13.2 Å². The van der Waals surface area contributed by atoms with Crippen LogP contribution in [0.2, 0.25) is 0 Å². The molecule has 3 heteroatoms. The van der Waals surface area contributed by atoms with Gasteiger partial charge < -0.3 is 4.74 Å². The lowest BCUT2D eigenvalue weighted by Gasteiger charge is -2.28. The van der Waals surface area contributed by atoms with E-state index in [1.165, 1.54) is 32.1 Å². The third-order valence-corrected chi connectivity index (χ3v) is 4.47. The number of benzene rings is 1. The highest BCUT2D eigenvalue weighted by molar-refractivity contribution is 5.32. The number of rotatable bonds is 9. The predicted octanol–water partition coefficient (Wildman–Crippen LogP) is 3.36. The van der Waals surface area contributed by atoms with Crippen LogP contribution in [0, 0.1) is 17.2 Å². The molecule has 2 aliphatic rings. The van der Waals surface area contributed by atoms with Crippen molar-refractivity contribution in [2.24, 2.45) is 5.92 Å². The van der Waals surface area contributed by atoms with E-state index in [9.17, 15) is 5.26 Å². The molecule has 0 spiro atoms. The Morgan fingerprint density at radius 1 is 1.14 bits per heavy atom. The second-order valence-electron chi connectivity index (χ2n) is 6.40. The highest BCUT2D eigenvalue weighted by Gasteiger charge is 2.37. The van der Waals surface area contributed by atoms with Gasteiger partial charge in [-0.3, -0.25) is 5.32 Å². The molecule has 1 unspecified atom stereocenters. The van der Waals surface area contributed by atoms with Crippen LogP contribution in [0.15, 0.2) is 30.3 Å². The van der Waals surface area contributed by atoms with Gasteiger partial charge in [0.15, 0.2) is 0 Å². The van der Waals surface area contributed by atoms with Crippen molar-refractivity contribution in [2.45, 2.75) is 50.1 Å². The minimum atomic E-state index is -0.595. The minimum Gasteiger partial charge on any atom is -0.381 e. The zero-order valence-electron chi connectivity index (χ0n) is 12.6. The first-order valence-electron chi connectivity index (χ1n) is 8.15. The van der Waals surface area contributed by atoms with Gasteiger partial charge in [0.25, 0.3) is 0 Å². The first-order chi connectivity index (χ1) is 10.3. The zero-order chi connectivity index (χ0) is 14.5. The van der Waals surface area contributed by atoms with Crippen molar-refractivity contribution in [3.8, 4) is 6.07 Å². The molecule has 3 nitrogen and oxygen atoms in total. The molecule has 3 rings (SSSR count). The maximum atomic E-state index is 9.79. The first-order valence-corrected chi connectivity index (χ1v) is 8.15. The topological polar surface area (TPSA) is 45.0 Å². The summed E-state index contributed by atoms with van der Waals surface area (Å²) in [5.41, 5.74) is 0.465. The van der Waals surface area contributed by atoms with E-state index >= 15 is 0 Å². The van der Waals surface area contributed by atoms with Crippen LogP contribution in [-0.4, -0.2) is 19.3 Å². The molecule has 1 aromatic carbocycles. The van der Waals surface area contributed by atoms with Gasteiger partial charge >= 0.3 is 0 Å². The smallest absolute Gasteiger partial charge is 0.134 e. The molecule has 1 N–H and O–H groups in total. The summed E-state index contributed by atoms with van der Waals surface area (Å²) in [6, 6.07) is 13.1. The minimum absolute atomic E-state index is 0.497. The van der Waals surface area contributed by atoms with Gasteiger partial charge in [0.1, 0.15) is 5.54 Å². The monoisotopic (exact) mass is 284 g/mol. The van der Waals surface area contributed by atoms with Crippen molar-refractivity contribution in [3.05, 3.63) is 35.9 Å². The van der Waals surface area contributed by atoms with Crippen LogP contribution in [-0.2, 0) is 10.3 Å². The molecule has 0 aliphatic heterocycles. The number of nitrogens with one attached hydrogen (secondary N) is 1. The Labute approximate surface area is 127 Å². The zero-order valence-corrected chi connectivity index (χ0v) is 12.6. The van der Waals surface area contributed by atoms with Gasteiger partial charge in [-0.1, -0.05) is 43.2 Å². The third kappa shape index (κ3) is 4.06. The van der Waals surface area contributed by atoms with E-state index in [4.69, 9.17) is 4.74 Å². The summed E-state index contributed by atoms with van der Waals surface area (Å²) >= 11 is 0. The molecular formula is C18H24N2O. The number of hydrogen-bond acceptors (Lipinski definition) is 3. The second-order valence-corrected chi connectivity index (χ2v) is 6.40. The normalized spacial score (nSPS) is 20.7. The molecule has 1 aromatic rings. The van der Waals surface area contributed by atoms with Crippen LogP contribution in [0.5, 0.6) is 0 Å². The van der Waals surface area contributed by atoms with E-state index in [1.807, 2.05) is 30.3 Å². The van der Waals surface area contributed by atoms with Gasteiger partial charge in [-0.05, 0) is 30.7 Å². The van der Waals surface area contributed by atoms with E-state index in [0.717, 1.165) is 18.1 Å². The molecule has 112 valence electrons. The fraction of sp³-hybridized carbons (Fsp3) is 0.611. The standard InChI is InChI=1S/C18H24N2O/c19-14-18(20-17-8-9-17,16-4-2-1-3-5-16)11-13-21-12-10-15-6-7-15/h1-5,15,17,20H,6-13H2. The van der Waals surface area contributed by atoms with Crippen molar-refractivity contribution in [1.29, 1.82) is 5.26 Å². The summed E-state index contributed by atoms with van der Waals surface area (Å²) in [5.74, 6) is 0.907. The molecule has 0 amide bonds. The Kier molecular flexibility index (Phi) is 4.57. The SMILES string of the molecule is N#CC(CCOCCC1CC1)(NC1CC1)c1ccccc1. The van der Waals surface area contributed by atoms with Crippen LogP contribution < -0.4 is 5.32 Å².